The summed E-state index contributed by atoms with van der Waals surface area (Å²) in [6, 6.07) is 14.3. The van der Waals surface area contributed by atoms with Crippen molar-refractivity contribution in [3.8, 4) is 22.6 Å². The molecule has 0 atom stereocenters. The van der Waals surface area contributed by atoms with Crippen LogP contribution in [0.5, 0.6) is 5.75 Å². The first-order valence-corrected chi connectivity index (χ1v) is 12.0. The molecule has 0 amide bonds. The molecule has 0 unspecified atom stereocenters. The highest BCUT2D eigenvalue weighted by Crippen LogP contribution is 2.40. The molecule has 0 spiro atoms. The number of benzene rings is 2. The van der Waals surface area contributed by atoms with Crippen molar-refractivity contribution in [1.82, 2.24) is 14.5 Å². The molecule has 5 rings (SSSR count). The number of aryl methyl sites for hydroxylation is 1. The van der Waals surface area contributed by atoms with Crippen molar-refractivity contribution in [3.05, 3.63) is 81.5 Å². The van der Waals surface area contributed by atoms with Gasteiger partial charge in [0.25, 0.3) is 5.56 Å². The van der Waals surface area contributed by atoms with Gasteiger partial charge in [-0.05, 0) is 55.8 Å². The molecule has 0 saturated heterocycles. The van der Waals surface area contributed by atoms with Crippen molar-refractivity contribution in [2.45, 2.75) is 13.8 Å². The molecule has 176 valence electrons. The van der Waals surface area contributed by atoms with Crippen LogP contribution < -0.4 is 10.3 Å². The number of aromatic nitrogens is 3. The van der Waals surface area contributed by atoms with Gasteiger partial charge in [0.2, 0.25) is 0 Å². The van der Waals surface area contributed by atoms with Crippen LogP contribution in [0.2, 0.25) is 5.02 Å². The first-order chi connectivity index (χ1) is 16.9. The van der Waals surface area contributed by atoms with Crippen LogP contribution >= 0.6 is 22.9 Å². The topological polar surface area (TPSA) is 83.3 Å². The van der Waals surface area contributed by atoms with Crippen LogP contribution in [0.1, 0.15) is 23.0 Å². The van der Waals surface area contributed by atoms with Gasteiger partial charge in [0, 0.05) is 16.0 Å². The van der Waals surface area contributed by atoms with Gasteiger partial charge < -0.3 is 9.47 Å². The van der Waals surface area contributed by atoms with E-state index >= 15 is 0 Å². The average Bonchev–Trinajstić information content (AvgIpc) is 3.23. The molecule has 0 aliphatic heterocycles. The van der Waals surface area contributed by atoms with Gasteiger partial charge in [-0.1, -0.05) is 23.7 Å². The highest BCUT2D eigenvalue weighted by atomic mass is 35.5. The Hall–Kier alpha value is -3.75. The maximum Gasteiger partial charge on any atom is 0.340 e. The van der Waals surface area contributed by atoms with Gasteiger partial charge in [-0.3, -0.25) is 9.36 Å². The third-order valence-electron chi connectivity index (χ3n) is 5.67. The Balaban J connectivity index is 1.83. The second-order valence-corrected chi connectivity index (χ2v) is 9.19. The van der Waals surface area contributed by atoms with Crippen molar-refractivity contribution in [1.29, 1.82) is 0 Å². The van der Waals surface area contributed by atoms with Crippen molar-refractivity contribution in [2.24, 2.45) is 0 Å². The lowest BCUT2D eigenvalue weighted by Gasteiger charge is -2.13. The number of hydrogen-bond donors (Lipinski definition) is 0. The molecular weight excluding hydrogens is 486 g/mol. The summed E-state index contributed by atoms with van der Waals surface area (Å²) in [6.07, 6.45) is 1.49. The molecule has 3 aromatic heterocycles. The maximum atomic E-state index is 13.5. The summed E-state index contributed by atoms with van der Waals surface area (Å²) in [5, 5.41) is 1.21. The lowest BCUT2D eigenvalue weighted by molar-refractivity contribution is 0.0526. The molecule has 2 aromatic carbocycles. The van der Waals surface area contributed by atoms with Crippen molar-refractivity contribution in [3.63, 3.8) is 0 Å². The quantitative estimate of drug-likeness (QED) is 0.280. The number of fused-ring (bicyclic) bond motifs is 3. The number of esters is 1. The molecule has 9 heteroatoms. The van der Waals surface area contributed by atoms with Crippen molar-refractivity contribution >= 4 is 49.3 Å². The minimum Gasteiger partial charge on any atom is -0.497 e. The predicted octanol–water partition coefficient (Wildman–Crippen LogP) is 5.81. The van der Waals surface area contributed by atoms with Crippen LogP contribution in [-0.2, 0) is 4.74 Å². The van der Waals surface area contributed by atoms with Gasteiger partial charge in [0.1, 0.15) is 21.6 Å². The Bertz CT molecular complexity index is 1640. The fraction of sp³-hybridized carbons (Fsp3) is 0.154. The fourth-order valence-electron chi connectivity index (χ4n) is 4.06. The number of methoxy groups -OCH3 is 1. The largest absolute Gasteiger partial charge is 0.497 e. The summed E-state index contributed by atoms with van der Waals surface area (Å²) in [5.41, 5.74) is 3.18. The molecule has 0 aliphatic rings. The summed E-state index contributed by atoms with van der Waals surface area (Å²) >= 11 is 7.38. The van der Waals surface area contributed by atoms with Crippen LogP contribution in [-0.4, -0.2) is 34.2 Å². The van der Waals surface area contributed by atoms with Crippen LogP contribution in [0.25, 0.3) is 37.2 Å². The number of pyridine rings is 1. The van der Waals surface area contributed by atoms with E-state index in [2.05, 4.69) is 9.97 Å². The third kappa shape index (κ3) is 3.94. The van der Waals surface area contributed by atoms with Crippen LogP contribution in [0, 0.1) is 6.92 Å². The van der Waals surface area contributed by atoms with Crippen LogP contribution in [0.4, 0.5) is 0 Å². The lowest BCUT2D eigenvalue weighted by Crippen LogP contribution is -2.17. The molecule has 0 radical (unpaired) electrons. The highest BCUT2D eigenvalue weighted by molar-refractivity contribution is 7.25. The molecule has 3 heterocycles. The number of hydrogen-bond acceptors (Lipinski definition) is 7. The summed E-state index contributed by atoms with van der Waals surface area (Å²) in [6.45, 7) is 3.74. The molecule has 35 heavy (non-hydrogen) atoms. The van der Waals surface area contributed by atoms with E-state index in [1.54, 1.807) is 57.4 Å². The zero-order valence-electron chi connectivity index (χ0n) is 19.2. The monoisotopic (exact) mass is 505 g/mol. The molecule has 5 aromatic rings. The van der Waals surface area contributed by atoms with Gasteiger partial charge in [-0.25, -0.2) is 14.8 Å². The Kier molecular flexibility index (Phi) is 6.00. The average molecular weight is 506 g/mol. The first kappa shape index (κ1) is 23.0. The fourth-order valence-corrected chi connectivity index (χ4v) is 5.30. The third-order valence-corrected chi connectivity index (χ3v) is 6.99. The number of thiophene rings is 1. The van der Waals surface area contributed by atoms with E-state index in [-0.39, 0.29) is 12.2 Å². The maximum absolute atomic E-state index is 13.5. The van der Waals surface area contributed by atoms with Gasteiger partial charge >= 0.3 is 5.97 Å². The van der Waals surface area contributed by atoms with E-state index in [1.165, 1.54) is 22.2 Å². The van der Waals surface area contributed by atoms with Gasteiger partial charge in [-0.2, -0.15) is 0 Å². The first-order valence-electron chi connectivity index (χ1n) is 10.8. The van der Waals surface area contributed by atoms with Crippen molar-refractivity contribution < 1.29 is 14.3 Å². The Morgan fingerprint density at radius 1 is 1.11 bits per heavy atom. The number of rotatable bonds is 5. The Morgan fingerprint density at radius 2 is 1.83 bits per heavy atom. The van der Waals surface area contributed by atoms with E-state index in [4.69, 9.17) is 21.1 Å². The second-order valence-electron chi connectivity index (χ2n) is 7.75. The number of ether oxygens (including phenoxy) is 2. The number of halogens is 1. The van der Waals surface area contributed by atoms with E-state index in [1.807, 2.05) is 12.1 Å². The minimum absolute atomic E-state index is 0.222. The number of nitrogens with zero attached hydrogens (tertiary/aromatic N) is 3. The van der Waals surface area contributed by atoms with E-state index < -0.39 is 5.97 Å². The zero-order valence-corrected chi connectivity index (χ0v) is 20.7. The van der Waals surface area contributed by atoms with Gasteiger partial charge in [-0.15, -0.1) is 11.3 Å². The van der Waals surface area contributed by atoms with E-state index in [9.17, 15) is 9.59 Å². The minimum atomic E-state index is -0.477. The molecule has 7 nitrogen and oxygen atoms in total. The van der Waals surface area contributed by atoms with Crippen LogP contribution in [0.15, 0.2) is 59.7 Å². The second kappa shape index (κ2) is 9.13. The number of carbonyl (C=O) groups is 1. The molecular formula is C26H20ClN3O4S. The van der Waals surface area contributed by atoms with E-state index in [0.717, 1.165) is 5.56 Å². The molecule has 0 fully saturated rings. The van der Waals surface area contributed by atoms with Crippen LogP contribution in [0.3, 0.4) is 0 Å². The standard InChI is InChI=1S/C26H20ClN3O4S/c1-4-34-26(32)19-14(2)29-24-21(20(19)15-5-7-16(27)8-6-15)22-23(35-24)25(31)30(13-28-22)17-9-11-18(33-3)12-10-17/h5-13H,4H2,1-3H3. The number of carbonyl (C=O) groups excluding carboxylic acids is 1. The normalized spacial score (nSPS) is 11.2. The zero-order chi connectivity index (χ0) is 24.7. The lowest BCUT2D eigenvalue weighted by atomic mass is 9.95. The van der Waals surface area contributed by atoms with Crippen molar-refractivity contribution in [2.75, 3.05) is 13.7 Å². The highest BCUT2D eigenvalue weighted by Gasteiger charge is 2.25. The summed E-state index contributed by atoms with van der Waals surface area (Å²) in [7, 11) is 1.59. The molecule has 0 aliphatic carbocycles. The Labute approximate surface area is 209 Å². The molecule has 0 saturated carbocycles. The predicted molar refractivity (Wildman–Crippen MR) is 138 cm³/mol. The summed E-state index contributed by atoms with van der Waals surface area (Å²) in [4.78, 5) is 36.5. The molecule has 0 bridgehead atoms. The molecule has 0 N–H and O–H groups in total. The Morgan fingerprint density at radius 3 is 2.49 bits per heavy atom. The van der Waals surface area contributed by atoms with E-state index in [0.29, 0.717) is 53.7 Å². The van der Waals surface area contributed by atoms with Gasteiger partial charge in [0.05, 0.1) is 36.2 Å². The van der Waals surface area contributed by atoms with Gasteiger partial charge in [0.15, 0.2) is 0 Å². The smallest absolute Gasteiger partial charge is 0.340 e. The summed E-state index contributed by atoms with van der Waals surface area (Å²) in [5.74, 6) is 0.215. The SMILES string of the molecule is CCOC(=O)c1c(C)nc2sc3c(=O)n(-c4ccc(OC)cc4)cnc3c2c1-c1ccc(Cl)cc1. The summed E-state index contributed by atoms with van der Waals surface area (Å²) < 4.78 is 12.5.